The molecule has 1 aromatic carbocycles. The lowest BCUT2D eigenvalue weighted by Gasteiger charge is -2.59. The van der Waals surface area contributed by atoms with E-state index in [-0.39, 0.29) is 16.0 Å². The van der Waals surface area contributed by atoms with Gasteiger partial charge in [-0.1, -0.05) is 26.7 Å². The van der Waals surface area contributed by atoms with Crippen LogP contribution in [-0.4, -0.2) is 10.7 Å². The number of benzene rings is 1. The van der Waals surface area contributed by atoms with E-state index in [2.05, 4.69) is 13.8 Å². The van der Waals surface area contributed by atoms with Crippen LogP contribution >= 0.6 is 0 Å². The van der Waals surface area contributed by atoms with Gasteiger partial charge in [-0.2, -0.15) is 0 Å². The molecule has 160 valence electrons. The van der Waals surface area contributed by atoms with Gasteiger partial charge in [-0.3, -0.25) is 14.9 Å². The smallest absolute Gasteiger partial charge is 0.269 e. The first kappa shape index (κ1) is 20.0. The van der Waals surface area contributed by atoms with Crippen LogP contribution in [0.5, 0.6) is 0 Å². The SMILES string of the molecule is C[C@]12CCCC[C@@H]1CC[C@@H]1[C@@H]2CC[C@]2(C)C(=O)/C(=C/c3ccc([N+](=O)[O-])cc3)C[C@@H]12. The molecule has 0 N–H and O–H groups in total. The van der Waals surface area contributed by atoms with Crippen LogP contribution in [0.3, 0.4) is 0 Å². The fourth-order valence-electron chi connectivity index (χ4n) is 7.99. The summed E-state index contributed by atoms with van der Waals surface area (Å²) in [4.78, 5) is 24.0. The second kappa shape index (κ2) is 7.03. The molecule has 4 heteroatoms. The summed E-state index contributed by atoms with van der Waals surface area (Å²) in [6.07, 6.45) is 13.3. The van der Waals surface area contributed by atoms with Crippen LogP contribution in [0.25, 0.3) is 6.08 Å². The van der Waals surface area contributed by atoms with Gasteiger partial charge in [0.05, 0.1) is 4.92 Å². The van der Waals surface area contributed by atoms with Crippen molar-refractivity contribution in [3.05, 3.63) is 45.5 Å². The van der Waals surface area contributed by atoms with Crippen molar-refractivity contribution in [1.29, 1.82) is 0 Å². The molecule has 1 aromatic rings. The predicted octanol–water partition coefficient (Wildman–Crippen LogP) is 6.59. The van der Waals surface area contributed by atoms with E-state index in [1.807, 2.05) is 6.08 Å². The molecule has 30 heavy (non-hydrogen) atoms. The molecular formula is C26H33NO3. The summed E-state index contributed by atoms with van der Waals surface area (Å²) in [7, 11) is 0. The number of allylic oxidation sites excluding steroid dienone is 1. The summed E-state index contributed by atoms with van der Waals surface area (Å²) in [6.45, 7) is 4.79. The van der Waals surface area contributed by atoms with Crippen LogP contribution in [-0.2, 0) is 4.79 Å². The average molecular weight is 408 g/mol. The molecule has 0 spiro atoms. The maximum Gasteiger partial charge on any atom is 0.269 e. The Morgan fingerprint density at radius 3 is 2.50 bits per heavy atom. The third-order valence-electron chi connectivity index (χ3n) is 9.67. The van der Waals surface area contributed by atoms with E-state index in [4.69, 9.17) is 0 Å². The van der Waals surface area contributed by atoms with E-state index >= 15 is 0 Å². The number of nitro benzene ring substituents is 1. The predicted molar refractivity (Wildman–Crippen MR) is 118 cm³/mol. The second-order valence-corrected chi connectivity index (χ2v) is 10.9. The number of carbonyl (C=O) groups excluding carboxylic acids is 1. The Morgan fingerprint density at radius 2 is 1.77 bits per heavy atom. The van der Waals surface area contributed by atoms with Gasteiger partial charge in [-0.15, -0.1) is 0 Å². The number of ketones is 1. The lowest BCUT2D eigenvalue weighted by Crippen LogP contribution is -2.52. The van der Waals surface area contributed by atoms with E-state index in [0.717, 1.165) is 35.8 Å². The number of fused-ring (bicyclic) bond motifs is 5. The van der Waals surface area contributed by atoms with Crippen LogP contribution in [0, 0.1) is 44.6 Å². The minimum atomic E-state index is -0.379. The topological polar surface area (TPSA) is 60.2 Å². The Kier molecular flexibility index (Phi) is 4.68. The van der Waals surface area contributed by atoms with Crippen molar-refractivity contribution in [3.63, 3.8) is 0 Å². The van der Waals surface area contributed by atoms with Crippen molar-refractivity contribution < 1.29 is 9.72 Å². The molecule has 0 amide bonds. The average Bonchev–Trinajstić information content (AvgIpc) is 2.98. The molecule has 5 rings (SSSR count). The Balaban J connectivity index is 1.43. The standard InChI is InChI=1S/C26H33NO3/c1-25-13-4-3-5-19(25)8-11-21-22(25)12-14-26(2)23(21)16-18(24(26)28)15-17-6-9-20(10-7-17)27(29)30/h6-7,9-10,15,19,21-23H,3-5,8,11-14,16H2,1-2H3/b18-15+/t19-,21-,22+,23+,25+,26+/m1/s1. The monoisotopic (exact) mass is 407 g/mol. The quantitative estimate of drug-likeness (QED) is 0.316. The van der Waals surface area contributed by atoms with Crippen molar-refractivity contribution >= 4 is 17.5 Å². The molecule has 4 nitrogen and oxygen atoms in total. The highest BCUT2D eigenvalue weighted by atomic mass is 16.6. The zero-order valence-electron chi connectivity index (χ0n) is 18.2. The zero-order chi connectivity index (χ0) is 21.1. The van der Waals surface area contributed by atoms with Gasteiger partial charge < -0.3 is 0 Å². The van der Waals surface area contributed by atoms with Gasteiger partial charge in [0.15, 0.2) is 5.78 Å². The number of non-ortho nitro benzene ring substituents is 1. The molecule has 0 radical (unpaired) electrons. The number of Topliss-reactive ketones (excluding diaryl/α,β-unsaturated/α-hetero) is 1. The maximum atomic E-state index is 13.5. The van der Waals surface area contributed by atoms with Gasteiger partial charge in [-0.05, 0) is 103 Å². The molecule has 0 unspecified atom stereocenters. The first-order chi connectivity index (χ1) is 14.3. The van der Waals surface area contributed by atoms with Gasteiger partial charge in [0.25, 0.3) is 5.69 Å². The molecule has 4 saturated carbocycles. The third-order valence-corrected chi connectivity index (χ3v) is 9.67. The fraction of sp³-hybridized carbons (Fsp3) is 0.654. The number of nitrogens with zero attached hydrogens (tertiary/aromatic N) is 1. The Morgan fingerprint density at radius 1 is 1.00 bits per heavy atom. The first-order valence-electron chi connectivity index (χ1n) is 11.8. The van der Waals surface area contributed by atoms with Crippen LogP contribution in [0.15, 0.2) is 29.8 Å². The highest BCUT2D eigenvalue weighted by Crippen LogP contribution is 2.66. The van der Waals surface area contributed by atoms with Crippen LogP contribution in [0.1, 0.15) is 77.2 Å². The molecule has 0 bridgehead atoms. The third kappa shape index (κ3) is 2.90. The molecule has 0 saturated heterocycles. The first-order valence-corrected chi connectivity index (χ1v) is 11.8. The lowest BCUT2D eigenvalue weighted by atomic mass is 9.45. The van der Waals surface area contributed by atoms with Crippen molar-refractivity contribution in [1.82, 2.24) is 0 Å². The fourth-order valence-corrected chi connectivity index (χ4v) is 7.99. The van der Waals surface area contributed by atoms with Crippen molar-refractivity contribution in [2.24, 2.45) is 34.5 Å². The normalized spacial score (nSPS) is 41.8. The molecule has 0 heterocycles. The summed E-state index contributed by atoms with van der Waals surface area (Å²) in [6, 6.07) is 6.59. The zero-order valence-corrected chi connectivity index (χ0v) is 18.2. The summed E-state index contributed by atoms with van der Waals surface area (Å²) in [5, 5.41) is 10.9. The van der Waals surface area contributed by atoms with E-state index in [9.17, 15) is 14.9 Å². The van der Waals surface area contributed by atoms with E-state index in [1.54, 1.807) is 12.1 Å². The van der Waals surface area contributed by atoms with Gasteiger partial charge >= 0.3 is 0 Å². The number of nitro groups is 1. The molecule has 6 atom stereocenters. The van der Waals surface area contributed by atoms with Crippen molar-refractivity contribution in [2.75, 3.05) is 0 Å². The van der Waals surface area contributed by atoms with E-state index in [0.29, 0.717) is 23.0 Å². The minimum Gasteiger partial charge on any atom is -0.294 e. The summed E-state index contributed by atoms with van der Waals surface area (Å²) in [5.74, 6) is 3.15. The molecular weight excluding hydrogens is 374 g/mol. The number of rotatable bonds is 2. The minimum absolute atomic E-state index is 0.0934. The number of hydrogen-bond acceptors (Lipinski definition) is 3. The van der Waals surface area contributed by atoms with Crippen LogP contribution in [0.4, 0.5) is 5.69 Å². The molecule has 0 aromatic heterocycles. The van der Waals surface area contributed by atoms with Gasteiger partial charge in [-0.25, -0.2) is 0 Å². The lowest BCUT2D eigenvalue weighted by molar-refractivity contribution is -0.384. The van der Waals surface area contributed by atoms with Gasteiger partial charge in [0.1, 0.15) is 0 Å². The van der Waals surface area contributed by atoms with E-state index < -0.39 is 0 Å². The Hall–Kier alpha value is -1.97. The summed E-state index contributed by atoms with van der Waals surface area (Å²) < 4.78 is 0. The highest BCUT2D eigenvalue weighted by Gasteiger charge is 2.60. The summed E-state index contributed by atoms with van der Waals surface area (Å²) >= 11 is 0. The highest BCUT2D eigenvalue weighted by molar-refractivity contribution is 6.05. The number of carbonyl (C=O) groups is 1. The second-order valence-electron chi connectivity index (χ2n) is 10.9. The van der Waals surface area contributed by atoms with Crippen molar-refractivity contribution in [2.45, 2.75) is 71.6 Å². The van der Waals surface area contributed by atoms with Crippen molar-refractivity contribution in [3.8, 4) is 0 Å². The van der Waals surface area contributed by atoms with E-state index in [1.165, 1.54) is 57.1 Å². The molecule has 4 aliphatic rings. The molecule has 0 aliphatic heterocycles. The largest absolute Gasteiger partial charge is 0.294 e. The van der Waals surface area contributed by atoms with Gasteiger partial charge in [0.2, 0.25) is 0 Å². The van der Waals surface area contributed by atoms with Crippen LogP contribution in [0.2, 0.25) is 0 Å². The Bertz CT molecular complexity index is 903. The maximum absolute atomic E-state index is 13.5. The van der Waals surface area contributed by atoms with Gasteiger partial charge in [0, 0.05) is 17.5 Å². The summed E-state index contributed by atoms with van der Waals surface area (Å²) in [5.41, 5.74) is 2.19. The molecule has 4 aliphatic carbocycles. The number of hydrogen-bond donors (Lipinski definition) is 0. The molecule has 4 fully saturated rings. The Labute approximate surface area is 179 Å². The van der Waals surface area contributed by atoms with Crippen LogP contribution < -0.4 is 0 Å².